The Morgan fingerprint density at radius 3 is 2.10 bits per heavy atom. The number of nitrogens with two attached hydrogens (primary N) is 1. The summed E-state index contributed by atoms with van der Waals surface area (Å²) in [6.07, 6.45) is -1.70. The van der Waals surface area contributed by atoms with E-state index in [-0.39, 0.29) is 44.4 Å². The van der Waals surface area contributed by atoms with E-state index in [0.717, 1.165) is 35.8 Å². The van der Waals surface area contributed by atoms with Crippen molar-refractivity contribution in [2.24, 2.45) is 5.73 Å². The monoisotopic (exact) mass is 1060 g/mol. The van der Waals surface area contributed by atoms with Gasteiger partial charge in [-0.05, 0) is 81.2 Å². The first-order valence-corrected chi connectivity index (χ1v) is 18.4. The van der Waals surface area contributed by atoms with E-state index in [4.69, 9.17) is 46.9 Å². The fourth-order valence-corrected chi connectivity index (χ4v) is 6.03. The van der Waals surface area contributed by atoms with Crippen LogP contribution in [-0.2, 0) is 37.9 Å². The van der Waals surface area contributed by atoms with Crippen LogP contribution in [0.1, 0.15) is 46.0 Å². The third-order valence-electron chi connectivity index (χ3n) is 7.70. The van der Waals surface area contributed by atoms with Crippen molar-refractivity contribution in [3.63, 3.8) is 0 Å². The van der Waals surface area contributed by atoms with Crippen molar-refractivity contribution in [2.45, 2.75) is 44.1 Å². The van der Waals surface area contributed by atoms with Crippen molar-refractivity contribution in [2.75, 3.05) is 33.5 Å². The van der Waals surface area contributed by atoms with Crippen molar-refractivity contribution in [1.29, 1.82) is 0 Å². The maximum atomic E-state index is 13.0. The summed E-state index contributed by atoms with van der Waals surface area (Å²) in [5, 5.41) is 57.2. The average Bonchev–Trinajstić information content (AvgIpc) is 3.67. The first-order chi connectivity index (χ1) is 27.2. The molecule has 22 heteroatoms. The number of aromatic nitrogens is 1. The number of aliphatic hydroxyl groups is 1. The summed E-state index contributed by atoms with van der Waals surface area (Å²) in [6.45, 7) is 3.11. The quantitative estimate of drug-likeness (QED) is 0.0325. The number of carboxylic acids is 4. The Kier molecular flexibility index (Phi) is 21.6. The molecule has 4 rings (SSSR count). The first-order valence-electron chi connectivity index (χ1n) is 16.9. The van der Waals surface area contributed by atoms with E-state index < -0.39 is 47.2 Å². The third-order valence-corrected chi connectivity index (χ3v) is 8.94. The number of halogens is 1. The van der Waals surface area contributed by atoms with Gasteiger partial charge in [-0.15, -0.1) is 0 Å². The summed E-state index contributed by atoms with van der Waals surface area (Å²) in [6, 6.07) is 15.8. The molecule has 4 aromatic rings. The zero-order valence-electron chi connectivity index (χ0n) is 32.3. The van der Waals surface area contributed by atoms with Crippen LogP contribution < -0.4 is 15.8 Å². The summed E-state index contributed by atoms with van der Waals surface area (Å²) < 4.78 is 12.4. The molecule has 0 fully saturated rings. The second kappa shape index (κ2) is 24.7. The van der Waals surface area contributed by atoms with Crippen molar-refractivity contribution < 1.29 is 63.6 Å². The molecule has 2 aromatic heterocycles. The number of nitro groups is 1. The first kappa shape index (κ1) is 51.8. The molecular formula is C37H44BiClN5O14S. The number of furan rings is 1. The molecule has 0 bridgehead atoms. The Labute approximate surface area is 366 Å². The molecule has 2 aromatic carbocycles. The van der Waals surface area contributed by atoms with Crippen LogP contribution in [0.25, 0.3) is 10.9 Å². The molecule has 0 unspecified atom stereocenters. The number of benzene rings is 2. The molecule has 0 amide bonds. The van der Waals surface area contributed by atoms with Crippen molar-refractivity contribution >= 4 is 90.3 Å². The molecule has 319 valence electrons. The molecule has 0 aliphatic heterocycles. The van der Waals surface area contributed by atoms with E-state index in [0.29, 0.717) is 45.0 Å². The second-order valence-electron chi connectivity index (χ2n) is 12.6. The smallest absolute Gasteiger partial charge is 0.336 e. The van der Waals surface area contributed by atoms with Crippen LogP contribution in [0.2, 0.25) is 5.02 Å². The summed E-state index contributed by atoms with van der Waals surface area (Å²) in [7, 11) is 5.53. The molecule has 0 atom stereocenters. The van der Waals surface area contributed by atoms with Crippen LogP contribution in [0.5, 0.6) is 5.75 Å². The number of hydrogen-bond acceptors (Lipinski definition) is 14. The largest absolute Gasteiger partial charge is 0.497 e. The summed E-state index contributed by atoms with van der Waals surface area (Å²) >= 11 is 7.56. The van der Waals surface area contributed by atoms with Gasteiger partial charge in [-0.25, -0.2) is 4.79 Å². The topological polar surface area (TPSA) is 298 Å². The van der Waals surface area contributed by atoms with Crippen LogP contribution in [0.15, 0.2) is 71.0 Å². The molecule has 0 aliphatic carbocycles. The fourth-order valence-electron chi connectivity index (χ4n) is 5.16. The zero-order chi connectivity index (χ0) is 43.7. The Bertz CT molecular complexity index is 2110. The number of carbonyl (C=O) groups excluding carboxylic acids is 1. The fraction of sp³-hybridized carbons (Fsp3) is 0.324. The normalized spacial score (nSPS) is 11.0. The zero-order valence-corrected chi connectivity index (χ0v) is 37.3. The van der Waals surface area contributed by atoms with Gasteiger partial charge in [-0.2, -0.15) is 11.8 Å². The molecule has 0 saturated carbocycles. The van der Waals surface area contributed by atoms with Gasteiger partial charge in [0, 0.05) is 60.2 Å². The number of nitrogens with zero attached hydrogens (tertiary/aromatic N) is 3. The summed E-state index contributed by atoms with van der Waals surface area (Å²) in [5.41, 5.74) is 4.98. The molecule has 3 radical (unpaired) electrons. The average molecular weight is 1060 g/mol. The molecule has 2 heterocycles. The van der Waals surface area contributed by atoms with Gasteiger partial charge in [0.05, 0.1) is 49.1 Å². The van der Waals surface area contributed by atoms with E-state index in [2.05, 4.69) is 5.32 Å². The van der Waals surface area contributed by atoms with Crippen molar-refractivity contribution in [3.05, 3.63) is 110 Å². The van der Waals surface area contributed by atoms with Gasteiger partial charge in [0.25, 0.3) is 12.1 Å². The van der Waals surface area contributed by atoms with Crippen molar-refractivity contribution in [3.8, 4) is 5.75 Å². The minimum Gasteiger partial charge on any atom is -0.497 e. The minimum absolute atomic E-state index is 0. The maximum absolute atomic E-state index is 13.0. The number of fused-ring (bicyclic) bond motifs is 1. The predicted octanol–water partition coefficient (Wildman–Crippen LogP) is 3.50. The Morgan fingerprint density at radius 2 is 1.59 bits per heavy atom. The van der Waals surface area contributed by atoms with Gasteiger partial charge >= 0.3 is 23.9 Å². The van der Waals surface area contributed by atoms with Gasteiger partial charge in [0.2, 0.25) is 0 Å². The molecule has 59 heavy (non-hydrogen) atoms. The number of thioether (sulfide) groups is 1. The van der Waals surface area contributed by atoms with E-state index in [9.17, 15) is 39.2 Å². The van der Waals surface area contributed by atoms with Crippen LogP contribution in [0, 0.1) is 17.0 Å². The molecule has 0 spiro atoms. The van der Waals surface area contributed by atoms with E-state index in [1.165, 1.54) is 4.57 Å². The second-order valence-corrected chi connectivity index (χ2v) is 14.1. The third kappa shape index (κ3) is 17.3. The van der Waals surface area contributed by atoms with Crippen molar-refractivity contribution in [1.82, 2.24) is 14.8 Å². The number of hydrogen-bond donors (Lipinski definition) is 7. The van der Waals surface area contributed by atoms with E-state index in [1.54, 1.807) is 68.3 Å². The predicted molar refractivity (Wildman–Crippen MR) is 218 cm³/mol. The number of methoxy groups -OCH3 is 1. The number of carbonyl (C=O) groups is 5. The number of carboxylic acid groups (broad SMARTS) is 4. The van der Waals surface area contributed by atoms with Crippen LogP contribution in [0.4, 0.5) is 0 Å². The van der Waals surface area contributed by atoms with Gasteiger partial charge in [-0.3, -0.25) is 33.9 Å². The van der Waals surface area contributed by atoms with Gasteiger partial charge in [-0.1, -0.05) is 11.6 Å². The van der Waals surface area contributed by atoms with Gasteiger partial charge in [0.1, 0.15) is 17.3 Å². The van der Waals surface area contributed by atoms with E-state index >= 15 is 0 Å². The number of nitrogens with one attached hydrogen (secondary N) is 1. The Morgan fingerprint density at radius 1 is 1.00 bits per heavy atom. The van der Waals surface area contributed by atoms with Gasteiger partial charge < -0.3 is 50.6 Å². The number of ether oxygens (including phenoxy) is 1. The molecule has 19 nitrogen and oxygen atoms in total. The molecular weight excluding hydrogens is 1010 g/mol. The minimum atomic E-state index is -2.74. The number of aliphatic carboxylic acids is 4. The summed E-state index contributed by atoms with van der Waals surface area (Å²) in [5.74, 6) is -2.09. The maximum Gasteiger partial charge on any atom is 0.336 e. The molecule has 8 N–H and O–H groups in total. The molecule has 0 aliphatic rings. The number of rotatable bonds is 18. The van der Waals surface area contributed by atoms with Gasteiger partial charge in [0.15, 0.2) is 11.4 Å². The Hall–Kier alpha value is -5.21. The van der Waals surface area contributed by atoms with Crippen LogP contribution in [0.3, 0.4) is 0 Å². The molecule has 0 saturated heterocycles. The standard InChI is InChI=1S/C19H16ClNO4.C12H20N4O3S.C6H8O7.Bi/c1-11-15(10-18(22)23)16-9-14(25-2)7-8-17(16)21(11)19(24)12-3-5-13(20)6-4-12;1-15(2)7-10-3-4-11(19-10)9-20-6-5-14-12(13)8-16(17)18;7-3(8)1-6(13,5(11)12)2-4(9)10;/h3-9H,10H2,1-2H3,(H,22,23);3-4,8,14H,5-7,9,13H2,1-2H3;13H,1-2H2,(H,7,8)(H,9,10)(H,11,12);/b;12-8+;;. The van der Waals surface area contributed by atoms with E-state index in [1.807, 2.05) is 31.1 Å². The SMILES string of the molecule is CN(C)Cc1ccc(CSCCN/C(N)=C/[N+](=O)[O-])o1.COc1ccc2c(c1)c(CC(=O)O)c(C)n2C(=O)c1ccc(Cl)cc1.O=C(O)CC(O)(CC(=O)O)C(=O)O.[Bi]. The summed E-state index contributed by atoms with van der Waals surface area (Å²) in [4.78, 5) is 66.4. The van der Waals surface area contributed by atoms with Crippen LogP contribution in [-0.4, -0.2) is 135 Å². The Balaban J connectivity index is 0.000000463. The van der Waals surface area contributed by atoms with Crippen LogP contribution >= 0.6 is 23.4 Å².